The Morgan fingerprint density at radius 3 is 1.13 bits per heavy atom. The molecule has 0 saturated heterocycles. The van der Waals surface area contributed by atoms with Gasteiger partial charge in [0.25, 0.3) is 5.91 Å². The first kappa shape index (κ1) is 75.6. The van der Waals surface area contributed by atoms with Crippen molar-refractivity contribution in [1.82, 2.24) is 65.3 Å². The van der Waals surface area contributed by atoms with E-state index in [9.17, 15) is 27.2 Å². The van der Waals surface area contributed by atoms with E-state index in [1.807, 2.05) is 64.4 Å². The molecule has 5 N–H and O–H groups in total. The van der Waals surface area contributed by atoms with Crippen molar-refractivity contribution in [2.45, 2.75) is 13.1 Å². The van der Waals surface area contributed by atoms with Gasteiger partial charge >= 0.3 is 5.97 Å². The van der Waals surface area contributed by atoms with Crippen LogP contribution in [0.5, 0.6) is 0 Å². The average molecular weight is 1640 g/mol. The van der Waals surface area contributed by atoms with Gasteiger partial charge in [0, 0.05) is 111 Å². The number of nitrogens with one attached hydrogen (secondary N) is 2. The monoisotopic (exact) mass is 1640 g/mol. The Bertz CT molecular complexity index is 4790. The molecule has 27 heteroatoms. The molecule has 0 aliphatic carbocycles. The van der Waals surface area contributed by atoms with E-state index in [1.54, 1.807) is 189 Å². The molecular weight excluding hydrogens is 1580 g/mol. The van der Waals surface area contributed by atoms with E-state index >= 15 is 0 Å². The minimum atomic E-state index is -0.578. The number of nitrogens with two attached hydrogens (primary N) is 1. The molecular formula is C77H60ClF4N17O4U. The van der Waals surface area contributed by atoms with E-state index < -0.39 is 5.91 Å². The van der Waals surface area contributed by atoms with E-state index in [2.05, 4.69) is 65.1 Å². The average Bonchev–Trinajstić information content (AvgIpc) is 0.817. The molecule has 8 heterocycles. The van der Waals surface area contributed by atoms with E-state index in [0.717, 1.165) is 55.6 Å². The van der Waals surface area contributed by atoms with Crippen molar-refractivity contribution < 1.29 is 68.2 Å². The molecule has 104 heavy (non-hydrogen) atoms. The molecule has 0 atom stereocenters. The number of hydrogen-bond donors (Lipinski definition) is 4. The first-order chi connectivity index (χ1) is 50.2. The summed E-state index contributed by atoms with van der Waals surface area (Å²) < 4.78 is 56.9. The van der Waals surface area contributed by atoms with Gasteiger partial charge in [0.05, 0.1) is 50.6 Å². The van der Waals surface area contributed by atoms with Crippen LogP contribution in [0.15, 0.2) is 293 Å². The normalized spacial score (nSPS) is 10.2. The summed E-state index contributed by atoms with van der Waals surface area (Å²) in [6.45, 7) is 0.875. The van der Waals surface area contributed by atoms with E-state index in [4.69, 9.17) is 27.3 Å². The van der Waals surface area contributed by atoms with Crippen molar-refractivity contribution in [1.29, 1.82) is 0 Å². The number of halogens is 5. The summed E-state index contributed by atoms with van der Waals surface area (Å²) in [5.41, 5.74) is 16.7. The zero-order chi connectivity index (χ0) is 72.1. The number of amides is 1. The van der Waals surface area contributed by atoms with Gasteiger partial charge in [-0.05, 0) is 177 Å². The molecule has 0 saturated carbocycles. The Kier molecular flexibility index (Phi) is 28.2. The molecule has 21 nitrogen and oxygen atoms in total. The van der Waals surface area contributed by atoms with Crippen LogP contribution < -0.4 is 26.3 Å². The maximum Gasteiger partial charge on any atom is 0.337 e. The summed E-state index contributed by atoms with van der Waals surface area (Å²) in [6.07, 6.45) is 25.9. The number of methoxy groups -OCH3 is 1. The van der Waals surface area contributed by atoms with Gasteiger partial charge in [-0.2, -0.15) is 0 Å². The SMILES string of the molecule is COC(=O)c1ccc(CN(c2cnccn2)c2cc(-c3ccc(F)cc3)ccn2)cc1.Fc1ccc(-c2ccnc(Cl)c2)cc1.Fc1ccc(-c2ccnc(Nc3cnccn3)c2)cc1.Nc1cnccn1.O=C(NO)c1ccc(CN(c2cnccn2)c2cc(-c3ccc(F)cc3)ccn2)cc1.[U]. The molecule has 14 aromatic rings. The number of carbonyl (C=O) groups excluding carboxylic acids is 2. The molecule has 0 aliphatic rings. The fourth-order valence-electron chi connectivity index (χ4n) is 9.60. The largest absolute Gasteiger partial charge is 0.465 e. The zero-order valence-corrected chi connectivity index (χ0v) is 59.9. The van der Waals surface area contributed by atoms with Gasteiger partial charge in [0.1, 0.15) is 57.5 Å². The van der Waals surface area contributed by atoms with Crippen LogP contribution in [0, 0.1) is 54.4 Å². The molecule has 0 unspecified atom stereocenters. The Hall–Kier alpha value is -12.6. The van der Waals surface area contributed by atoms with Gasteiger partial charge in [-0.25, -0.2) is 67.7 Å². The number of aromatic nitrogens is 12. The first-order valence-electron chi connectivity index (χ1n) is 31.1. The Morgan fingerprint density at radius 1 is 0.404 bits per heavy atom. The summed E-state index contributed by atoms with van der Waals surface area (Å²) in [5, 5.41) is 12.3. The fourth-order valence-corrected chi connectivity index (χ4v) is 9.78. The molecule has 8 aromatic heterocycles. The summed E-state index contributed by atoms with van der Waals surface area (Å²) in [4.78, 5) is 76.8. The van der Waals surface area contributed by atoms with Crippen LogP contribution in [0.25, 0.3) is 44.5 Å². The Labute approximate surface area is 623 Å². The first-order valence-corrected chi connectivity index (χ1v) is 31.5. The number of hydroxylamine groups is 1. The molecule has 0 aliphatic heterocycles. The molecule has 516 valence electrons. The fraction of sp³-hybridized carbons (Fsp3) is 0.0390. The minimum absolute atomic E-state index is 0. The van der Waals surface area contributed by atoms with Gasteiger partial charge in [0.15, 0.2) is 11.6 Å². The van der Waals surface area contributed by atoms with Crippen molar-refractivity contribution in [3.8, 4) is 44.5 Å². The van der Waals surface area contributed by atoms with Crippen LogP contribution >= 0.6 is 11.6 Å². The number of ether oxygens (including phenoxy) is 1. The minimum Gasteiger partial charge on any atom is -0.465 e. The zero-order valence-electron chi connectivity index (χ0n) is 55.0. The van der Waals surface area contributed by atoms with Crippen LogP contribution in [-0.4, -0.2) is 84.0 Å². The number of benzene rings is 6. The van der Waals surface area contributed by atoms with Crippen LogP contribution in [0.1, 0.15) is 31.8 Å². The van der Waals surface area contributed by atoms with Crippen molar-refractivity contribution in [2.24, 2.45) is 0 Å². The second kappa shape index (κ2) is 38.8. The molecule has 0 fully saturated rings. The number of anilines is 7. The van der Waals surface area contributed by atoms with Gasteiger partial charge < -0.3 is 25.6 Å². The molecule has 0 spiro atoms. The molecule has 6 aromatic carbocycles. The quantitative estimate of drug-likeness (QED) is 0.0230. The predicted octanol–water partition coefficient (Wildman–Crippen LogP) is 16.0. The second-order valence-electron chi connectivity index (χ2n) is 21.6. The van der Waals surface area contributed by atoms with Crippen LogP contribution in [0.3, 0.4) is 0 Å². The molecule has 14 rings (SSSR count). The smallest absolute Gasteiger partial charge is 0.337 e. The number of pyridine rings is 4. The number of nitrogens with zero attached hydrogens (tertiary/aromatic N) is 14. The van der Waals surface area contributed by atoms with E-state index in [0.29, 0.717) is 70.1 Å². The van der Waals surface area contributed by atoms with Gasteiger partial charge in [-0.15, -0.1) is 0 Å². The van der Waals surface area contributed by atoms with Crippen molar-refractivity contribution in [2.75, 3.05) is 28.0 Å². The van der Waals surface area contributed by atoms with Crippen molar-refractivity contribution >= 4 is 64.2 Å². The predicted molar refractivity (Wildman–Crippen MR) is 385 cm³/mol. The molecule has 0 bridgehead atoms. The van der Waals surface area contributed by atoms with E-state index in [-0.39, 0.29) is 60.4 Å². The third kappa shape index (κ3) is 22.7. The summed E-state index contributed by atoms with van der Waals surface area (Å²) >= 11 is 5.74. The topological polar surface area (TPSA) is 275 Å². The third-order valence-corrected chi connectivity index (χ3v) is 14.9. The Morgan fingerprint density at radius 2 is 0.769 bits per heavy atom. The summed E-state index contributed by atoms with van der Waals surface area (Å²) in [5.74, 6) is 2.25. The number of esters is 1. The van der Waals surface area contributed by atoms with Crippen LogP contribution in [-0.2, 0) is 17.8 Å². The van der Waals surface area contributed by atoms with E-state index in [1.165, 1.54) is 61.8 Å². The number of nitrogen functional groups attached to an aromatic ring is 1. The van der Waals surface area contributed by atoms with Gasteiger partial charge in [-0.1, -0.05) is 84.4 Å². The van der Waals surface area contributed by atoms with Crippen LogP contribution in [0.4, 0.5) is 58.3 Å². The summed E-state index contributed by atoms with van der Waals surface area (Å²) in [6, 6.07) is 54.0. The summed E-state index contributed by atoms with van der Waals surface area (Å²) in [7, 11) is 1.35. The molecule has 1 amide bonds. The number of rotatable bonds is 16. The standard InChI is InChI=1S/C24H19FN4O2.C23H18FN5O2.C15H11FN4.C11H7ClFN.C4H5N3.U/c1-31-24(30)19-4-2-17(3-5-19)16-29(23-15-26-12-13-28-23)22-14-20(10-11-27-22)18-6-8-21(25)9-7-18;24-20-7-5-17(6-8-20)19-9-10-26-21(13-19)29(22-14-25-11-12-27-22)15-16-1-3-18(4-2-16)23(30)28-31;16-13-3-1-11(2-4-13)12-5-6-18-14(9-12)20-15-10-17-7-8-19-15;12-11-7-9(5-6-14-11)8-1-3-10(13)4-2-8;5-4-3-6-1-2-7-4;/h2-15H,16H2,1H3;1-14,31H,15H2,(H,28,30);1-10H,(H,18,19,20);1-7H;1-3H,(H2,5,7);. The Balaban J connectivity index is 0.000000160. The van der Waals surface area contributed by atoms with Gasteiger partial charge in [0.2, 0.25) is 0 Å². The van der Waals surface area contributed by atoms with Crippen molar-refractivity contribution in [3.63, 3.8) is 0 Å². The van der Waals surface area contributed by atoms with Gasteiger partial charge in [-0.3, -0.25) is 29.9 Å². The maximum atomic E-state index is 13.3. The maximum absolute atomic E-state index is 13.3. The van der Waals surface area contributed by atoms with Crippen molar-refractivity contribution in [3.05, 3.63) is 344 Å². The third-order valence-electron chi connectivity index (χ3n) is 14.7. The second-order valence-corrected chi connectivity index (χ2v) is 22.0. The number of hydrogen-bond acceptors (Lipinski definition) is 20. The number of carbonyl (C=O) groups is 2. The molecule has 0 radical (unpaired) electrons. The van der Waals surface area contributed by atoms with Crippen LogP contribution in [0.2, 0.25) is 5.15 Å².